The summed E-state index contributed by atoms with van der Waals surface area (Å²) in [7, 11) is 0. The van der Waals surface area contributed by atoms with E-state index in [4.69, 9.17) is 10.5 Å². The second-order valence-electron chi connectivity index (χ2n) is 9.75. The molecule has 4 rings (SSSR count). The molecule has 2 aromatic carbocycles. The molecule has 3 atom stereocenters. The average Bonchev–Trinajstić information content (AvgIpc) is 3.65. The van der Waals surface area contributed by atoms with Crippen LogP contribution in [-0.2, 0) is 20.7 Å². The van der Waals surface area contributed by atoms with Crippen LogP contribution in [0.3, 0.4) is 0 Å². The maximum Gasteiger partial charge on any atom is 0.335 e. The number of nitrogens with zero attached hydrogens (tertiary/aromatic N) is 2. The van der Waals surface area contributed by atoms with Crippen molar-refractivity contribution in [2.24, 2.45) is 11.7 Å². The average molecular weight is 548 g/mol. The Hall–Kier alpha value is -4.51. The molecule has 0 radical (unpaired) electrons. The molecule has 0 bridgehead atoms. The number of benzene rings is 2. The van der Waals surface area contributed by atoms with E-state index < -0.39 is 41.8 Å². The van der Waals surface area contributed by atoms with Gasteiger partial charge in [0.25, 0.3) is 11.8 Å². The van der Waals surface area contributed by atoms with Crippen molar-refractivity contribution < 1.29 is 29.0 Å². The second-order valence-corrected chi connectivity index (χ2v) is 9.75. The number of amides is 3. The lowest BCUT2D eigenvalue weighted by molar-refractivity contribution is -0.153. The summed E-state index contributed by atoms with van der Waals surface area (Å²) in [4.78, 5) is 50.9. The van der Waals surface area contributed by atoms with Crippen LogP contribution in [0.25, 0.3) is 11.1 Å². The Morgan fingerprint density at radius 3 is 2.48 bits per heavy atom. The van der Waals surface area contributed by atoms with Crippen LogP contribution in [0.2, 0.25) is 0 Å². The van der Waals surface area contributed by atoms with E-state index in [9.17, 15) is 24.3 Å². The van der Waals surface area contributed by atoms with Gasteiger partial charge in [-0.25, -0.2) is 4.79 Å². The standard InChI is InChI=1S/C29H33N5O6/c1-2-40-29(39)25(35)15-22(14-18-8-10-20(11-9-18)19-6-4-3-5-7-19)31-27(37)23-16-24(33-32-23)28(38)34-13-12-21(17-34)26(30)36/h3-11,16,21-22,25,35H,2,12-15,17H2,1H3,(H2,30,36)(H,31,37)(H,32,33)/t21?,22-,25+/m1/s1. The zero-order valence-corrected chi connectivity index (χ0v) is 22.2. The predicted octanol–water partition coefficient (Wildman–Crippen LogP) is 1.68. The number of aromatic amines is 1. The third kappa shape index (κ3) is 7.11. The van der Waals surface area contributed by atoms with E-state index >= 15 is 0 Å². The lowest BCUT2D eigenvalue weighted by atomic mass is 9.97. The fraction of sp³-hybridized carbons (Fsp3) is 0.345. The van der Waals surface area contributed by atoms with E-state index in [0.717, 1.165) is 16.7 Å². The van der Waals surface area contributed by atoms with Crippen LogP contribution in [0.4, 0.5) is 0 Å². The molecular formula is C29H33N5O6. The van der Waals surface area contributed by atoms with Crippen LogP contribution in [0, 0.1) is 5.92 Å². The third-order valence-corrected chi connectivity index (χ3v) is 6.86. The number of likely N-dealkylation sites (tertiary alicyclic amines) is 1. The number of hydrogen-bond donors (Lipinski definition) is 4. The molecule has 11 heteroatoms. The molecule has 0 saturated carbocycles. The zero-order valence-electron chi connectivity index (χ0n) is 22.2. The van der Waals surface area contributed by atoms with Gasteiger partial charge in [-0.3, -0.25) is 19.5 Å². The van der Waals surface area contributed by atoms with E-state index in [0.29, 0.717) is 19.4 Å². The van der Waals surface area contributed by atoms with Crippen molar-refractivity contribution in [3.05, 3.63) is 77.6 Å². The topological polar surface area (TPSA) is 168 Å². The quantitative estimate of drug-likeness (QED) is 0.265. The Bertz CT molecular complexity index is 1340. The van der Waals surface area contributed by atoms with Crippen molar-refractivity contribution in [3.8, 4) is 11.1 Å². The van der Waals surface area contributed by atoms with Gasteiger partial charge in [0, 0.05) is 31.6 Å². The number of esters is 1. The van der Waals surface area contributed by atoms with Gasteiger partial charge in [-0.1, -0.05) is 54.6 Å². The largest absolute Gasteiger partial charge is 0.464 e. The van der Waals surface area contributed by atoms with Crippen LogP contribution >= 0.6 is 0 Å². The summed E-state index contributed by atoms with van der Waals surface area (Å²) in [6.07, 6.45) is -0.691. The van der Waals surface area contributed by atoms with Crippen molar-refractivity contribution in [1.29, 1.82) is 0 Å². The van der Waals surface area contributed by atoms with Gasteiger partial charge in [0.2, 0.25) is 5.91 Å². The lowest BCUT2D eigenvalue weighted by Gasteiger charge is -2.21. The fourth-order valence-corrected chi connectivity index (χ4v) is 4.70. The maximum atomic E-state index is 13.1. The molecule has 1 fully saturated rings. The van der Waals surface area contributed by atoms with E-state index in [1.54, 1.807) is 6.92 Å². The highest BCUT2D eigenvalue weighted by atomic mass is 16.5. The van der Waals surface area contributed by atoms with E-state index in [-0.39, 0.29) is 31.0 Å². The van der Waals surface area contributed by atoms with E-state index in [1.165, 1.54) is 11.0 Å². The Morgan fingerprint density at radius 1 is 1.12 bits per heavy atom. The molecule has 3 aromatic rings. The van der Waals surface area contributed by atoms with Gasteiger partial charge in [-0.05, 0) is 36.5 Å². The van der Waals surface area contributed by atoms with Crippen molar-refractivity contribution in [1.82, 2.24) is 20.4 Å². The maximum absolute atomic E-state index is 13.1. The van der Waals surface area contributed by atoms with Gasteiger partial charge in [-0.2, -0.15) is 5.10 Å². The van der Waals surface area contributed by atoms with Gasteiger partial charge in [0.15, 0.2) is 11.8 Å². The molecule has 5 N–H and O–H groups in total. The van der Waals surface area contributed by atoms with Crippen LogP contribution in [0.5, 0.6) is 0 Å². The highest BCUT2D eigenvalue weighted by molar-refractivity contribution is 5.98. The summed E-state index contributed by atoms with van der Waals surface area (Å²) >= 11 is 0. The number of aliphatic hydroxyl groups excluding tert-OH is 1. The molecule has 1 unspecified atom stereocenters. The number of carbonyl (C=O) groups excluding carboxylic acids is 4. The molecule has 40 heavy (non-hydrogen) atoms. The molecule has 2 heterocycles. The zero-order chi connectivity index (χ0) is 28.6. The minimum absolute atomic E-state index is 0.0369. The number of nitrogens with two attached hydrogens (primary N) is 1. The molecule has 0 aliphatic carbocycles. The number of aromatic nitrogens is 2. The molecule has 3 amide bonds. The summed E-state index contributed by atoms with van der Waals surface area (Å²) in [5, 5.41) is 19.8. The molecule has 1 aliphatic heterocycles. The Morgan fingerprint density at radius 2 is 1.82 bits per heavy atom. The number of hydrogen-bond acceptors (Lipinski definition) is 7. The van der Waals surface area contributed by atoms with Crippen LogP contribution in [0.1, 0.15) is 46.3 Å². The molecule has 11 nitrogen and oxygen atoms in total. The molecule has 1 aromatic heterocycles. The number of primary amides is 1. The minimum Gasteiger partial charge on any atom is -0.464 e. The second kappa shape index (κ2) is 13.0. The van der Waals surface area contributed by atoms with Crippen LogP contribution in [0.15, 0.2) is 60.7 Å². The normalized spacial score (nSPS) is 16.2. The van der Waals surface area contributed by atoms with Gasteiger partial charge in [-0.15, -0.1) is 0 Å². The first kappa shape index (κ1) is 28.5. The SMILES string of the molecule is CCOC(=O)[C@@H](O)C[C@@H](Cc1ccc(-c2ccccc2)cc1)NC(=O)c1cc(C(=O)N2CCC(C(N)=O)C2)n[nH]1. The number of H-pyrrole nitrogens is 1. The Balaban J connectivity index is 1.45. The summed E-state index contributed by atoms with van der Waals surface area (Å²) < 4.78 is 4.92. The first-order valence-electron chi connectivity index (χ1n) is 13.2. The number of aliphatic hydroxyl groups is 1. The molecular weight excluding hydrogens is 514 g/mol. The fourth-order valence-electron chi connectivity index (χ4n) is 4.70. The van der Waals surface area contributed by atoms with Crippen molar-refractivity contribution in [2.75, 3.05) is 19.7 Å². The first-order valence-corrected chi connectivity index (χ1v) is 13.2. The summed E-state index contributed by atoms with van der Waals surface area (Å²) in [6.45, 7) is 2.35. The number of ether oxygens (including phenoxy) is 1. The van der Waals surface area contributed by atoms with Crippen molar-refractivity contribution >= 4 is 23.7 Å². The van der Waals surface area contributed by atoms with Gasteiger partial charge in [0.1, 0.15) is 5.69 Å². The smallest absolute Gasteiger partial charge is 0.335 e. The molecule has 1 aliphatic rings. The van der Waals surface area contributed by atoms with Crippen molar-refractivity contribution in [3.63, 3.8) is 0 Å². The lowest BCUT2D eigenvalue weighted by Crippen LogP contribution is -2.41. The Kier molecular flexibility index (Phi) is 9.28. The van der Waals surface area contributed by atoms with Gasteiger partial charge >= 0.3 is 5.97 Å². The van der Waals surface area contributed by atoms with Crippen molar-refractivity contribution in [2.45, 2.75) is 38.3 Å². The Labute approximate surface area is 231 Å². The highest BCUT2D eigenvalue weighted by Crippen LogP contribution is 2.21. The van der Waals surface area contributed by atoms with Gasteiger partial charge < -0.3 is 25.8 Å². The summed E-state index contributed by atoms with van der Waals surface area (Å²) in [5.74, 6) is -2.59. The number of rotatable bonds is 11. The summed E-state index contributed by atoms with van der Waals surface area (Å²) in [5.41, 5.74) is 8.42. The number of carbonyl (C=O) groups is 4. The van der Waals surface area contributed by atoms with E-state index in [1.807, 2.05) is 54.6 Å². The molecule has 210 valence electrons. The third-order valence-electron chi connectivity index (χ3n) is 6.86. The summed E-state index contributed by atoms with van der Waals surface area (Å²) in [6, 6.07) is 18.4. The predicted molar refractivity (Wildman–Crippen MR) is 146 cm³/mol. The first-order chi connectivity index (χ1) is 19.2. The van der Waals surface area contributed by atoms with E-state index in [2.05, 4.69) is 15.5 Å². The minimum atomic E-state index is -1.43. The van der Waals surface area contributed by atoms with Crippen LogP contribution < -0.4 is 11.1 Å². The highest BCUT2D eigenvalue weighted by Gasteiger charge is 2.32. The van der Waals surface area contributed by atoms with Gasteiger partial charge in [0.05, 0.1) is 12.5 Å². The number of nitrogens with one attached hydrogen (secondary N) is 2. The molecule has 1 saturated heterocycles. The monoisotopic (exact) mass is 547 g/mol. The van der Waals surface area contributed by atoms with Crippen LogP contribution in [-0.4, -0.2) is 75.7 Å². The molecule has 0 spiro atoms.